The van der Waals surface area contributed by atoms with Gasteiger partial charge in [-0.05, 0) is 110 Å². The van der Waals surface area contributed by atoms with Crippen LogP contribution in [0.3, 0.4) is 0 Å². The minimum absolute atomic E-state index is 0.0569. The molecule has 0 saturated carbocycles. The van der Waals surface area contributed by atoms with Crippen LogP contribution in [0.5, 0.6) is 0 Å². The predicted molar refractivity (Wildman–Crippen MR) is 140 cm³/mol. The second kappa shape index (κ2) is 8.63. The number of aromatic nitrogens is 1. The third kappa shape index (κ3) is 4.02. The quantitative estimate of drug-likeness (QED) is 0.211. The highest BCUT2D eigenvalue weighted by molar-refractivity contribution is 14.1. The Morgan fingerprint density at radius 2 is 1.75 bits per heavy atom. The molecule has 7 heteroatoms. The van der Waals surface area contributed by atoms with Crippen LogP contribution < -0.4 is 10.2 Å². The number of anilines is 1. The number of benzene rings is 2. The van der Waals surface area contributed by atoms with E-state index in [0.717, 1.165) is 37.3 Å². The molecular weight excluding hydrogens is 533 g/mol. The van der Waals surface area contributed by atoms with Crippen molar-refractivity contribution in [3.63, 3.8) is 0 Å². The highest BCUT2D eigenvalue weighted by Gasteiger charge is 2.35. The normalized spacial score (nSPS) is 15.5. The average Bonchev–Trinajstić information content (AvgIpc) is 2.99. The molecule has 0 aliphatic carbocycles. The Balaban J connectivity index is 1.78. The van der Waals surface area contributed by atoms with Crippen molar-refractivity contribution in [2.24, 2.45) is 0 Å². The predicted octanol–water partition coefficient (Wildman–Crippen LogP) is 5.15. The maximum Gasteiger partial charge on any atom is 0.270 e. The molecule has 1 aromatic heterocycles. The summed E-state index contributed by atoms with van der Waals surface area (Å²) in [5, 5.41) is 2.76. The molecule has 3 aromatic rings. The molecule has 0 unspecified atom stereocenters. The van der Waals surface area contributed by atoms with Crippen molar-refractivity contribution in [3.8, 4) is 5.69 Å². The lowest BCUT2D eigenvalue weighted by Crippen LogP contribution is -2.54. The number of nitrogens with one attached hydrogen (secondary N) is 1. The van der Waals surface area contributed by atoms with Crippen molar-refractivity contribution >= 4 is 63.5 Å². The van der Waals surface area contributed by atoms with Crippen molar-refractivity contribution in [1.82, 2.24) is 9.88 Å². The third-order valence-electron chi connectivity index (χ3n) is 5.53. The molecule has 162 valence electrons. The first-order valence-corrected chi connectivity index (χ1v) is 11.6. The highest BCUT2D eigenvalue weighted by atomic mass is 127. The summed E-state index contributed by atoms with van der Waals surface area (Å²) in [4.78, 5) is 27.5. The van der Waals surface area contributed by atoms with E-state index in [1.165, 1.54) is 4.90 Å². The van der Waals surface area contributed by atoms with Crippen molar-refractivity contribution in [2.45, 2.75) is 27.7 Å². The summed E-state index contributed by atoms with van der Waals surface area (Å²) in [6.45, 7) is 7.91. The molecule has 5 nitrogen and oxygen atoms in total. The van der Waals surface area contributed by atoms with Gasteiger partial charge in [-0.25, -0.2) is 0 Å². The van der Waals surface area contributed by atoms with Crippen LogP contribution in [0, 0.1) is 31.3 Å². The molecule has 1 saturated heterocycles. The zero-order chi connectivity index (χ0) is 23.2. The first-order chi connectivity index (χ1) is 15.2. The molecule has 1 fully saturated rings. The van der Waals surface area contributed by atoms with Gasteiger partial charge in [0.1, 0.15) is 5.57 Å². The van der Waals surface area contributed by atoms with Crippen LogP contribution in [0.15, 0.2) is 54.1 Å². The molecule has 1 aliphatic heterocycles. The number of hydrogen-bond acceptors (Lipinski definition) is 3. The maximum absolute atomic E-state index is 13.4. The van der Waals surface area contributed by atoms with Crippen LogP contribution in [0.25, 0.3) is 11.8 Å². The van der Waals surface area contributed by atoms with E-state index >= 15 is 0 Å². The lowest BCUT2D eigenvalue weighted by atomic mass is 10.0. The molecule has 32 heavy (non-hydrogen) atoms. The smallest absolute Gasteiger partial charge is 0.270 e. The molecule has 2 amide bonds. The molecule has 4 rings (SSSR count). The minimum Gasteiger partial charge on any atom is -0.318 e. The zero-order valence-electron chi connectivity index (χ0n) is 18.2. The molecule has 2 aromatic carbocycles. The van der Waals surface area contributed by atoms with E-state index in [4.69, 9.17) is 12.2 Å². The lowest BCUT2D eigenvalue weighted by Gasteiger charge is -2.30. The molecular formula is C25H22IN3O2S. The summed E-state index contributed by atoms with van der Waals surface area (Å²) in [7, 11) is 0. The second-order valence-electron chi connectivity index (χ2n) is 7.89. The largest absolute Gasteiger partial charge is 0.318 e. The average molecular weight is 555 g/mol. The number of hydrogen-bond donors (Lipinski definition) is 1. The highest BCUT2D eigenvalue weighted by Crippen LogP contribution is 2.28. The van der Waals surface area contributed by atoms with Gasteiger partial charge in [-0.2, -0.15) is 0 Å². The van der Waals surface area contributed by atoms with Crippen molar-refractivity contribution in [2.75, 3.05) is 4.90 Å². The second-order valence-corrected chi connectivity index (χ2v) is 9.52. The molecule has 0 bridgehead atoms. The monoisotopic (exact) mass is 555 g/mol. The third-order valence-corrected chi connectivity index (χ3v) is 6.49. The Bertz CT molecular complexity index is 1320. The fourth-order valence-electron chi connectivity index (χ4n) is 4.03. The van der Waals surface area contributed by atoms with Gasteiger partial charge >= 0.3 is 0 Å². The molecule has 1 N–H and O–H groups in total. The Hall–Kier alpha value is -2.78. The van der Waals surface area contributed by atoms with Gasteiger partial charge in [0.15, 0.2) is 5.11 Å². The van der Waals surface area contributed by atoms with Crippen LogP contribution >= 0.6 is 34.8 Å². The van der Waals surface area contributed by atoms with Crippen LogP contribution in [-0.4, -0.2) is 21.5 Å². The molecule has 2 heterocycles. The van der Waals surface area contributed by atoms with Gasteiger partial charge in [-0.15, -0.1) is 0 Å². The molecule has 0 atom stereocenters. The van der Waals surface area contributed by atoms with Gasteiger partial charge < -0.3 is 4.57 Å². The van der Waals surface area contributed by atoms with Crippen molar-refractivity contribution in [1.29, 1.82) is 0 Å². The van der Waals surface area contributed by atoms with Gasteiger partial charge in [0, 0.05) is 20.6 Å². The maximum atomic E-state index is 13.4. The zero-order valence-corrected chi connectivity index (χ0v) is 21.2. The minimum atomic E-state index is -0.486. The first kappa shape index (κ1) is 22.4. The summed E-state index contributed by atoms with van der Waals surface area (Å²) in [6.07, 6.45) is 1.66. The number of halogens is 1. The van der Waals surface area contributed by atoms with E-state index < -0.39 is 11.8 Å². The Kier molecular flexibility index (Phi) is 6.05. The number of aryl methyl sites for hydroxylation is 3. The number of amides is 2. The van der Waals surface area contributed by atoms with Crippen LogP contribution in [0.4, 0.5) is 5.69 Å². The van der Waals surface area contributed by atoms with E-state index in [1.54, 1.807) is 6.08 Å². The fraction of sp³-hybridized carbons (Fsp3) is 0.160. The standard InChI is InChI=1S/C25H22IN3O2S/c1-14-8-9-22(15(2)10-14)29-24(31)21(23(30)27-25(29)32)12-18-11-16(3)28(17(18)4)20-7-5-6-19(26)13-20/h5-13H,1-4H3,(H,27,30,32)/b21-12+. The van der Waals surface area contributed by atoms with Gasteiger partial charge in [-0.3, -0.25) is 19.8 Å². The van der Waals surface area contributed by atoms with Crippen LogP contribution in [0.1, 0.15) is 28.1 Å². The van der Waals surface area contributed by atoms with Crippen LogP contribution in [0.2, 0.25) is 0 Å². The number of nitrogens with zero attached hydrogens (tertiary/aromatic N) is 2. The van der Waals surface area contributed by atoms with E-state index in [2.05, 4.69) is 38.5 Å². The number of carbonyl (C=O) groups is 2. The van der Waals surface area contributed by atoms with Crippen LogP contribution in [-0.2, 0) is 9.59 Å². The Labute approximate surface area is 206 Å². The van der Waals surface area contributed by atoms with Gasteiger partial charge in [0.2, 0.25) is 0 Å². The Morgan fingerprint density at radius 1 is 1.00 bits per heavy atom. The fourth-order valence-corrected chi connectivity index (χ4v) is 4.83. The number of carbonyl (C=O) groups excluding carboxylic acids is 2. The number of thiocarbonyl (C=S) groups is 1. The van der Waals surface area contributed by atoms with E-state index in [-0.39, 0.29) is 10.7 Å². The lowest BCUT2D eigenvalue weighted by molar-refractivity contribution is -0.122. The summed E-state index contributed by atoms with van der Waals surface area (Å²) in [5.74, 6) is -0.912. The first-order valence-electron chi connectivity index (χ1n) is 10.1. The number of rotatable bonds is 3. The van der Waals surface area contributed by atoms with E-state index in [9.17, 15) is 9.59 Å². The molecule has 0 spiro atoms. The summed E-state index contributed by atoms with van der Waals surface area (Å²) in [6, 6.07) is 15.9. The molecule has 0 radical (unpaired) electrons. The SMILES string of the molecule is Cc1ccc(N2C(=O)/C(=C/c3cc(C)n(-c4cccc(I)c4)c3C)C(=O)NC2=S)c(C)c1. The van der Waals surface area contributed by atoms with Gasteiger partial charge in [0.05, 0.1) is 5.69 Å². The van der Waals surface area contributed by atoms with Gasteiger partial charge in [0.25, 0.3) is 11.8 Å². The van der Waals surface area contributed by atoms with Crippen molar-refractivity contribution in [3.05, 3.63) is 85.8 Å². The summed E-state index contributed by atoms with van der Waals surface area (Å²) >= 11 is 7.63. The van der Waals surface area contributed by atoms with E-state index in [1.807, 2.05) is 70.2 Å². The molecule has 1 aliphatic rings. The van der Waals surface area contributed by atoms with Gasteiger partial charge in [-0.1, -0.05) is 23.8 Å². The topological polar surface area (TPSA) is 54.3 Å². The summed E-state index contributed by atoms with van der Waals surface area (Å²) < 4.78 is 3.25. The van der Waals surface area contributed by atoms with Crippen molar-refractivity contribution < 1.29 is 9.59 Å². The Morgan fingerprint density at radius 3 is 2.44 bits per heavy atom. The summed E-state index contributed by atoms with van der Waals surface area (Å²) in [5.41, 5.74) is 6.53. The van der Waals surface area contributed by atoms with E-state index in [0.29, 0.717) is 5.69 Å².